The summed E-state index contributed by atoms with van der Waals surface area (Å²) in [5.41, 5.74) is 2.14. The van der Waals surface area contributed by atoms with E-state index in [0.29, 0.717) is 5.56 Å². The van der Waals surface area contributed by atoms with Crippen molar-refractivity contribution in [2.45, 2.75) is 0 Å². The Morgan fingerprint density at radius 3 is 2.39 bits per heavy atom. The Morgan fingerprint density at radius 2 is 1.78 bits per heavy atom. The molecular formula is C14H11FN2O. The summed E-state index contributed by atoms with van der Waals surface area (Å²) in [6.07, 6.45) is 0. The number of halogens is 1. The van der Waals surface area contributed by atoms with Gasteiger partial charge in [0.25, 0.3) is 0 Å². The highest BCUT2D eigenvalue weighted by Crippen LogP contribution is 2.24. The molecule has 0 bridgehead atoms. The number of anilines is 2. The number of hydrogen-bond donors (Lipinski definition) is 1. The van der Waals surface area contributed by atoms with Crippen molar-refractivity contribution < 1.29 is 9.13 Å². The van der Waals surface area contributed by atoms with E-state index < -0.39 is 5.82 Å². The first kappa shape index (κ1) is 11.9. The first-order valence-corrected chi connectivity index (χ1v) is 5.33. The van der Waals surface area contributed by atoms with Gasteiger partial charge in [-0.2, -0.15) is 5.26 Å². The minimum Gasteiger partial charge on any atom is -0.494 e. The largest absolute Gasteiger partial charge is 0.494 e. The van der Waals surface area contributed by atoms with Crippen molar-refractivity contribution in [3.8, 4) is 11.8 Å². The summed E-state index contributed by atoms with van der Waals surface area (Å²) < 4.78 is 18.1. The smallest absolute Gasteiger partial charge is 0.165 e. The van der Waals surface area contributed by atoms with Crippen LogP contribution in [0, 0.1) is 17.1 Å². The molecule has 0 aliphatic rings. The molecule has 0 aliphatic carbocycles. The van der Waals surface area contributed by atoms with Crippen LogP contribution >= 0.6 is 0 Å². The van der Waals surface area contributed by atoms with E-state index >= 15 is 0 Å². The molecule has 0 aliphatic heterocycles. The fourth-order valence-electron chi connectivity index (χ4n) is 1.53. The van der Waals surface area contributed by atoms with Gasteiger partial charge in [0.1, 0.15) is 0 Å². The highest BCUT2D eigenvalue weighted by atomic mass is 19.1. The summed E-state index contributed by atoms with van der Waals surface area (Å²) in [7, 11) is 1.42. The molecule has 0 saturated carbocycles. The SMILES string of the molecule is COc1cc(Nc2ccc(C#N)cc2)ccc1F. The number of nitriles is 1. The predicted molar refractivity (Wildman–Crippen MR) is 67.4 cm³/mol. The summed E-state index contributed by atoms with van der Waals surface area (Å²) in [6.45, 7) is 0. The maximum atomic E-state index is 13.2. The lowest BCUT2D eigenvalue weighted by atomic mass is 10.2. The van der Waals surface area contributed by atoms with Crippen LogP contribution in [-0.4, -0.2) is 7.11 Å². The Labute approximate surface area is 104 Å². The summed E-state index contributed by atoms with van der Waals surface area (Å²) >= 11 is 0. The van der Waals surface area contributed by atoms with E-state index in [-0.39, 0.29) is 5.75 Å². The van der Waals surface area contributed by atoms with E-state index in [2.05, 4.69) is 5.32 Å². The maximum absolute atomic E-state index is 13.2. The van der Waals surface area contributed by atoms with E-state index in [9.17, 15) is 4.39 Å². The normalized spacial score (nSPS) is 9.61. The van der Waals surface area contributed by atoms with Gasteiger partial charge in [0, 0.05) is 17.4 Å². The molecule has 0 atom stereocenters. The number of benzene rings is 2. The summed E-state index contributed by atoms with van der Waals surface area (Å²) in [5, 5.41) is 11.8. The Bertz CT molecular complexity index is 588. The molecule has 3 nitrogen and oxygen atoms in total. The molecule has 4 heteroatoms. The number of ether oxygens (including phenoxy) is 1. The standard InChI is InChI=1S/C14H11FN2O/c1-18-14-8-12(6-7-13(14)15)17-11-4-2-10(9-16)3-5-11/h2-8,17H,1H3. The number of methoxy groups -OCH3 is 1. The van der Waals surface area contributed by atoms with Crippen LogP contribution in [-0.2, 0) is 0 Å². The highest BCUT2D eigenvalue weighted by Gasteiger charge is 2.03. The van der Waals surface area contributed by atoms with E-state index in [1.807, 2.05) is 6.07 Å². The van der Waals surface area contributed by atoms with Gasteiger partial charge in [0.15, 0.2) is 11.6 Å². The summed E-state index contributed by atoms with van der Waals surface area (Å²) in [5.74, 6) is -0.212. The summed E-state index contributed by atoms with van der Waals surface area (Å²) in [6, 6.07) is 13.6. The van der Waals surface area contributed by atoms with Gasteiger partial charge < -0.3 is 10.1 Å². The first-order valence-electron chi connectivity index (χ1n) is 5.33. The second-order valence-electron chi connectivity index (χ2n) is 3.66. The maximum Gasteiger partial charge on any atom is 0.165 e. The van der Waals surface area contributed by atoms with Crippen LogP contribution in [0.5, 0.6) is 5.75 Å². The minimum atomic E-state index is -0.400. The molecular weight excluding hydrogens is 231 g/mol. The second kappa shape index (κ2) is 5.19. The van der Waals surface area contributed by atoms with E-state index in [1.54, 1.807) is 36.4 Å². The Morgan fingerprint density at radius 1 is 1.11 bits per heavy atom. The van der Waals surface area contributed by atoms with Crippen molar-refractivity contribution in [3.63, 3.8) is 0 Å². The quantitative estimate of drug-likeness (QED) is 0.896. The third-order valence-corrected chi connectivity index (χ3v) is 2.45. The van der Waals surface area contributed by atoms with E-state index in [0.717, 1.165) is 11.4 Å². The lowest BCUT2D eigenvalue weighted by Gasteiger charge is -2.08. The molecule has 0 saturated heterocycles. The van der Waals surface area contributed by atoms with Crippen LogP contribution in [0.25, 0.3) is 0 Å². The van der Waals surface area contributed by atoms with Gasteiger partial charge in [-0.3, -0.25) is 0 Å². The van der Waals surface area contributed by atoms with Gasteiger partial charge in [0.05, 0.1) is 18.7 Å². The summed E-state index contributed by atoms with van der Waals surface area (Å²) in [4.78, 5) is 0. The molecule has 18 heavy (non-hydrogen) atoms. The zero-order valence-corrected chi connectivity index (χ0v) is 9.77. The molecule has 2 aromatic carbocycles. The molecule has 90 valence electrons. The van der Waals surface area contributed by atoms with Gasteiger partial charge in [-0.05, 0) is 36.4 Å². The van der Waals surface area contributed by atoms with Gasteiger partial charge in [-0.15, -0.1) is 0 Å². The van der Waals surface area contributed by atoms with Crippen LogP contribution < -0.4 is 10.1 Å². The second-order valence-corrected chi connectivity index (χ2v) is 3.66. The van der Waals surface area contributed by atoms with Crippen LogP contribution in [0.3, 0.4) is 0 Å². The highest BCUT2D eigenvalue weighted by molar-refractivity contribution is 5.62. The topological polar surface area (TPSA) is 45.0 Å². The van der Waals surface area contributed by atoms with Crippen LogP contribution in [0.4, 0.5) is 15.8 Å². The van der Waals surface area contributed by atoms with Gasteiger partial charge in [-0.1, -0.05) is 0 Å². The monoisotopic (exact) mass is 242 g/mol. The van der Waals surface area contributed by atoms with Gasteiger partial charge >= 0.3 is 0 Å². The van der Waals surface area contributed by atoms with Crippen molar-refractivity contribution in [1.29, 1.82) is 5.26 Å². The van der Waals surface area contributed by atoms with Crippen LogP contribution in [0.2, 0.25) is 0 Å². The lowest BCUT2D eigenvalue weighted by molar-refractivity contribution is 0.387. The molecule has 0 unspecified atom stereocenters. The predicted octanol–water partition coefficient (Wildman–Crippen LogP) is 3.45. The molecule has 0 heterocycles. The lowest BCUT2D eigenvalue weighted by Crippen LogP contribution is -1.93. The zero-order valence-electron chi connectivity index (χ0n) is 9.77. The number of nitrogens with zero attached hydrogens (tertiary/aromatic N) is 1. The van der Waals surface area contributed by atoms with E-state index in [1.165, 1.54) is 13.2 Å². The molecule has 0 radical (unpaired) electrons. The molecule has 0 fully saturated rings. The molecule has 0 amide bonds. The Hall–Kier alpha value is -2.54. The van der Waals surface area contributed by atoms with Crippen molar-refractivity contribution in [2.24, 2.45) is 0 Å². The van der Waals surface area contributed by atoms with Crippen molar-refractivity contribution in [1.82, 2.24) is 0 Å². The third kappa shape index (κ3) is 2.58. The van der Waals surface area contributed by atoms with Crippen molar-refractivity contribution in [3.05, 3.63) is 53.8 Å². The number of nitrogens with one attached hydrogen (secondary N) is 1. The Kier molecular flexibility index (Phi) is 3.44. The zero-order chi connectivity index (χ0) is 13.0. The fourth-order valence-corrected chi connectivity index (χ4v) is 1.53. The van der Waals surface area contributed by atoms with Gasteiger partial charge in [-0.25, -0.2) is 4.39 Å². The third-order valence-electron chi connectivity index (χ3n) is 2.45. The molecule has 0 aromatic heterocycles. The minimum absolute atomic E-state index is 0.189. The number of rotatable bonds is 3. The molecule has 1 N–H and O–H groups in total. The van der Waals surface area contributed by atoms with Crippen LogP contribution in [0.15, 0.2) is 42.5 Å². The van der Waals surface area contributed by atoms with Gasteiger partial charge in [0.2, 0.25) is 0 Å². The average molecular weight is 242 g/mol. The number of hydrogen-bond acceptors (Lipinski definition) is 3. The fraction of sp³-hybridized carbons (Fsp3) is 0.0714. The van der Waals surface area contributed by atoms with Crippen LogP contribution in [0.1, 0.15) is 5.56 Å². The molecule has 2 rings (SSSR count). The van der Waals surface area contributed by atoms with E-state index in [4.69, 9.17) is 10.00 Å². The molecule has 2 aromatic rings. The first-order chi connectivity index (χ1) is 8.72. The molecule has 0 spiro atoms. The van der Waals surface area contributed by atoms with Crippen molar-refractivity contribution >= 4 is 11.4 Å². The van der Waals surface area contributed by atoms with Crippen molar-refractivity contribution in [2.75, 3.05) is 12.4 Å². The Balaban J connectivity index is 2.20. The average Bonchev–Trinajstić information content (AvgIpc) is 2.42.